The molecule has 0 radical (unpaired) electrons. The molecule has 0 bridgehead atoms. The number of carbonyl (C=O) groups is 2. The lowest BCUT2D eigenvalue weighted by atomic mass is 9.69. The summed E-state index contributed by atoms with van der Waals surface area (Å²) in [5, 5.41) is 0. The molecular weight excluding hydrogens is 276 g/mol. The van der Waals surface area contributed by atoms with E-state index in [-0.39, 0.29) is 23.7 Å². The zero-order chi connectivity index (χ0) is 15.3. The molecule has 4 nitrogen and oxygen atoms in total. The molecule has 1 saturated carbocycles. The van der Waals surface area contributed by atoms with E-state index in [9.17, 15) is 9.59 Å². The lowest BCUT2D eigenvalue weighted by molar-refractivity contribution is -0.128. The zero-order valence-corrected chi connectivity index (χ0v) is 12.9. The van der Waals surface area contributed by atoms with Crippen molar-refractivity contribution in [2.75, 3.05) is 18.5 Å². The van der Waals surface area contributed by atoms with Crippen molar-refractivity contribution in [2.24, 2.45) is 17.8 Å². The first kappa shape index (κ1) is 13.9. The highest BCUT2D eigenvalue weighted by Crippen LogP contribution is 2.46. The summed E-state index contributed by atoms with van der Waals surface area (Å²) in [4.78, 5) is 29.6. The van der Waals surface area contributed by atoms with E-state index in [0.717, 1.165) is 25.1 Å². The van der Waals surface area contributed by atoms with Gasteiger partial charge >= 0.3 is 0 Å². The maximum atomic E-state index is 13.0. The summed E-state index contributed by atoms with van der Waals surface area (Å²) in [6, 6.07) is 9.86. The van der Waals surface area contributed by atoms with E-state index in [1.165, 1.54) is 17.7 Å². The minimum Gasteiger partial charge on any atom is -0.302 e. The van der Waals surface area contributed by atoms with E-state index >= 15 is 0 Å². The topological polar surface area (TPSA) is 40.6 Å². The fraction of sp³-hybridized carbons (Fsp3) is 0.556. The predicted molar refractivity (Wildman–Crippen MR) is 84.3 cm³/mol. The minimum absolute atomic E-state index is 0.00271. The Morgan fingerprint density at radius 1 is 1.00 bits per heavy atom. The van der Waals surface area contributed by atoms with Crippen LogP contribution in [0.2, 0.25) is 0 Å². The molecule has 0 N–H and O–H groups in total. The summed E-state index contributed by atoms with van der Waals surface area (Å²) in [5.74, 6) is 0.122. The van der Waals surface area contributed by atoms with Gasteiger partial charge in [0.1, 0.15) is 0 Å². The van der Waals surface area contributed by atoms with Crippen LogP contribution in [-0.4, -0.2) is 36.3 Å². The highest BCUT2D eigenvalue weighted by atomic mass is 16.2. The van der Waals surface area contributed by atoms with Gasteiger partial charge < -0.3 is 4.90 Å². The van der Waals surface area contributed by atoms with Gasteiger partial charge in [-0.2, -0.15) is 0 Å². The van der Waals surface area contributed by atoms with Crippen LogP contribution in [0.15, 0.2) is 30.3 Å². The normalized spacial score (nSPS) is 35.4. The van der Waals surface area contributed by atoms with Crippen LogP contribution in [0.3, 0.4) is 0 Å². The first-order valence-electron chi connectivity index (χ1n) is 8.31. The number of hydrogen-bond donors (Lipinski definition) is 0. The Balaban J connectivity index is 1.71. The molecule has 1 aromatic rings. The molecule has 4 rings (SSSR count). The van der Waals surface area contributed by atoms with E-state index in [2.05, 4.69) is 11.9 Å². The lowest BCUT2D eigenvalue weighted by Crippen LogP contribution is -2.53. The van der Waals surface area contributed by atoms with E-state index in [1.807, 2.05) is 30.3 Å². The molecule has 3 fully saturated rings. The Bertz CT molecular complexity index is 600. The van der Waals surface area contributed by atoms with Crippen LogP contribution in [0, 0.1) is 17.8 Å². The minimum atomic E-state index is -0.156. The maximum absolute atomic E-state index is 13.0. The first-order chi connectivity index (χ1) is 10.7. The van der Waals surface area contributed by atoms with E-state index in [1.54, 1.807) is 0 Å². The quantitative estimate of drug-likeness (QED) is 0.747. The molecule has 2 aliphatic heterocycles. The van der Waals surface area contributed by atoms with Gasteiger partial charge in [-0.25, -0.2) is 0 Å². The van der Waals surface area contributed by atoms with Gasteiger partial charge in [-0.1, -0.05) is 31.0 Å². The van der Waals surface area contributed by atoms with Gasteiger partial charge in [0.05, 0.1) is 17.5 Å². The van der Waals surface area contributed by atoms with Crippen molar-refractivity contribution in [2.45, 2.75) is 31.7 Å². The monoisotopic (exact) mass is 298 g/mol. The number of benzene rings is 1. The Hall–Kier alpha value is -1.68. The largest absolute Gasteiger partial charge is 0.302 e. The average molecular weight is 298 g/mol. The van der Waals surface area contributed by atoms with Gasteiger partial charge in [-0.3, -0.25) is 14.5 Å². The predicted octanol–water partition coefficient (Wildman–Crippen LogP) is 2.30. The molecule has 2 saturated heterocycles. The van der Waals surface area contributed by atoms with Crippen molar-refractivity contribution >= 4 is 17.5 Å². The number of fused-ring (bicyclic) bond motifs is 3. The number of hydrogen-bond acceptors (Lipinski definition) is 3. The number of amides is 2. The van der Waals surface area contributed by atoms with Crippen LogP contribution in [-0.2, 0) is 9.59 Å². The molecule has 2 unspecified atom stereocenters. The van der Waals surface area contributed by atoms with Crippen LogP contribution >= 0.6 is 0 Å². The summed E-state index contributed by atoms with van der Waals surface area (Å²) in [6.45, 7) is 0.722. The highest BCUT2D eigenvalue weighted by molar-refractivity contribution is 6.22. The fourth-order valence-corrected chi connectivity index (χ4v) is 4.81. The van der Waals surface area contributed by atoms with Gasteiger partial charge in [-0.05, 0) is 37.9 Å². The Morgan fingerprint density at radius 2 is 1.73 bits per heavy atom. The molecule has 4 atom stereocenters. The molecule has 3 aliphatic rings. The number of anilines is 1. The molecule has 4 heteroatoms. The van der Waals surface area contributed by atoms with Gasteiger partial charge in [0.2, 0.25) is 11.8 Å². The van der Waals surface area contributed by atoms with Crippen molar-refractivity contribution < 1.29 is 9.59 Å². The summed E-state index contributed by atoms with van der Waals surface area (Å²) >= 11 is 0. The summed E-state index contributed by atoms with van der Waals surface area (Å²) in [6.07, 6.45) is 4.67. The Morgan fingerprint density at radius 3 is 2.50 bits per heavy atom. The van der Waals surface area contributed by atoms with Crippen molar-refractivity contribution in [1.29, 1.82) is 0 Å². The molecule has 1 aromatic carbocycles. The number of piperidine rings is 1. The molecule has 0 spiro atoms. The molecule has 0 aromatic heterocycles. The zero-order valence-electron chi connectivity index (χ0n) is 12.9. The third-order valence-corrected chi connectivity index (χ3v) is 5.78. The molecule has 116 valence electrons. The Labute approximate surface area is 131 Å². The van der Waals surface area contributed by atoms with Crippen molar-refractivity contribution in [3.63, 3.8) is 0 Å². The number of nitrogens with zero attached hydrogens (tertiary/aromatic N) is 2. The van der Waals surface area contributed by atoms with Gasteiger partial charge in [0.15, 0.2) is 0 Å². The van der Waals surface area contributed by atoms with Crippen LogP contribution in [0.5, 0.6) is 0 Å². The SMILES string of the molecule is CN1C[C@H]2C(=O)N(c3ccccc3)C(=O)[C@H]2C2CCCCC21. The third-order valence-electron chi connectivity index (χ3n) is 5.78. The lowest BCUT2D eigenvalue weighted by Gasteiger charge is -2.46. The third kappa shape index (κ3) is 1.93. The van der Waals surface area contributed by atoms with E-state index < -0.39 is 0 Å². The standard InChI is InChI=1S/C18H22N2O2/c1-19-11-14-16(13-9-5-6-10-15(13)19)18(22)20(17(14)21)12-7-3-2-4-8-12/h2-4,7-8,13-16H,5-6,9-11H2,1H3/t13?,14-,15?,16+/m1/s1. The molecule has 2 heterocycles. The Kier molecular flexibility index (Phi) is 3.30. The smallest absolute Gasteiger partial charge is 0.238 e. The van der Waals surface area contributed by atoms with Gasteiger partial charge in [0.25, 0.3) is 0 Å². The molecule has 22 heavy (non-hydrogen) atoms. The number of likely N-dealkylation sites (tertiary alicyclic amines) is 1. The molecule has 1 aliphatic carbocycles. The second-order valence-electron chi connectivity index (χ2n) is 6.93. The van der Waals surface area contributed by atoms with Gasteiger partial charge in [-0.15, -0.1) is 0 Å². The first-order valence-corrected chi connectivity index (χ1v) is 8.31. The van der Waals surface area contributed by atoms with Crippen LogP contribution in [0.4, 0.5) is 5.69 Å². The van der Waals surface area contributed by atoms with Crippen LogP contribution < -0.4 is 4.90 Å². The second-order valence-corrected chi connectivity index (χ2v) is 6.93. The summed E-state index contributed by atoms with van der Waals surface area (Å²) < 4.78 is 0. The van der Waals surface area contributed by atoms with Crippen molar-refractivity contribution in [3.05, 3.63) is 30.3 Å². The van der Waals surface area contributed by atoms with Gasteiger partial charge in [0, 0.05) is 12.6 Å². The number of rotatable bonds is 1. The number of para-hydroxylation sites is 1. The fourth-order valence-electron chi connectivity index (χ4n) is 4.81. The number of imide groups is 1. The number of carbonyl (C=O) groups excluding carboxylic acids is 2. The van der Waals surface area contributed by atoms with E-state index in [4.69, 9.17) is 0 Å². The molecule has 2 amide bonds. The van der Waals surface area contributed by atoms with Crippen LogP contribution in [0.25, 0.3) is 0 Å². The van der Waals surface area contributed by atoms with Crippen molar-refractivity contribution in [1.82, 2.24) is 4.90 Å². The second kappa shape index (κ2) is 5.20. The highest BCUT2D eigenvalue weighted by Gasteiger charge is 2.56. The summed E-state index contributed by atoms with van der Waals surface area (Å²) in [5.41, 5.74) is 0.724. The average Bonchev–Trinajstić information content (AvgIpc) is 2.80. The maximum Gasteiger partial charge on any atom is 0.238 e. The van der Waals surface area contributed by atoms with Crippen molar-refractivity contribution in [3.8, 4) is 0 Å². The van der Waals surface area contributed by atoms with E-state index in [0.29, 0.717) is 12.0 Å². The molecular formula is C18H22N2O2. The summed E-state index contributed by atoms with van der Waals surface area (Å²) in [7, 11) is 2.11. The van der Waals surface area contributed by atoms with Crippen LogP contribution in [0.1, 0.15) is 25.7 Å².